The van der Waals surface area contributed by atoms with E-state index in [1.807, 2.05) is 23.1 Å². The van der Waals surface area contributed by atoms with Crippen molar-refractivity contribution in [2.45, 2.75) is 19.3 Å². The molecule has 1 fully saturated rings. The number of hydroxylamine groups is 1. The summed E-state index contributed by atoms with van der Waals surface area (Å²) in [5, 5.41) is 18.1. The molecular formula is C19H22N3O4+. The standard InChI is InChI=1S/C19H21N3O4/c23-19(20-24)16-6-7-17(18(13-16)22(25)26)21-10-8-15(9-11-21)12-14-4-2-1-3-5-14/h1-7,13,15H,8-12H2,(H2-,20,23,24,25,26)/p+1. The lowest BCUT2D eigenvalue weighted by molar-refractivity contribution is -0.729. The highest BCUT2D eigenvalue weighted by Crippen LogP contribution is 2.33. The Kier molecular flexibility index (Phi) is 5.48. The minimum absolute atomic E-state index is 0.00684. The minimum atomic E-state index is -0.735. The summed E-state index contributed by atoms with van der Waals surface area (Å²) in [6.45, 7) is 1.54. The molecule has 0 bridgehead atoms. The van der Waals surface area contributed by atoms with Crippen LogP contribution in [0.1, 0.15) is 28.8 Å². The van der Waals surface area contributed by atoms with Crippen LogP contribution in [0.3, 0.4) is 0 Å². The van der Waals surface area contributed by atoms with Gasteiger partial charge in [-0.15, -0.1) is 0 Å². The quantitative estimate of drug-likeness (QED) is 0.565. The number of benzene rings is 2. The number of carbonyl (C=O) groups excluding carboxylic acids is 1. The second-order valence-corrected chi connectivity index (χ2v) is 6.54. The van der Waals surface area contributed by atoms with Crippen molar-refractivity contribution < 1.29 is 20.1 Å². The summed E-state index contributed by atoms with van der Waals surface area (Å²) in [6.07, 6.45) is 3.00. The largest absolute Gasteiger partial charge is 0.366 e. The lowest BCUT2D eigenvalue weighted by atomic mass is 9.90. The molecule has 3 N–H and O–H groups in total. The molecule has 1 aliphatic rings. The van der Waals surface area contributed by atoms with Crippen molar-refractivity contribution in [2.75, 3.05) is 18.0 Å². The first-order chi connectivity index (χ1) is 12.6. The first-order valence-electron chi connectivity index (χ1n) is 8.62. The lowest BCUT2D eigenvalue weighted by Gasteiger charge is -2.33. The van der Waals surface area contributed by atoms with E-state index in [1.54, 1.807) is 6.07 Å². The van der Waals surface area contributed by atoms with E-state index < -0.39 is 5.91 Å². The van der Waals surface area contributed by atoms with Crippen LogP contribution in [0.4, 0.5) is 11.4 Å². The zero-order chi connectivity index (χ0) is 18.5. The van der Waals surface area contributed by atoms with Crippen LogP contribution in [0.5, 0.6) is 0 Å². The Morgan fingerprint density at radius 1 is 1.15 bits per heavy atom. The summed E-state index contributed by atoms with van der Waals surface area (Å²) in [5.74, 6) is -0.157. The second-order valence-electron chi connectivity index (χ2n) is 6.54. The maximum atomic E-state index is 11.5. The van der Waals surface area contributed by atoms with Gasteiger partial charge in [0.25, 0.3) is 10.8 Å². The number of nitrogens with one attached hydrogen (secondary N) is 1. The van der Waals surface area contributed by atoms with Crippen molar-refractivity contribution in [3.63, 3.8) is 0 Å². The third-order valence-corrected chi connectivity index (χ3v) is 4.87. The maximum absolute atomic E-state index is 11.5. The number of anilines is 1. The summed E-state index contributed by atoms with van der Waals surface area (Å²) >= 11 is 0. The molecule has 3 rings (SSSR count). The number of amides is 1. The second kappa shape index (κ2) is 7.97. The fourth-order valence-corrected chi connectivity index (χ4v) is 3.48. The van der Waals surface area contributed by atoms with Crippen molar-refractivity contribution in [3.8, 4) is 0 Å². The molecule has 0 spiro atoms. The van der Waals surface area contributed by atoms with Gasteiger partial charge in [-0.2, -0.15) is 0 Å². The van der Waals surface area contributed by atoms with Gasteiger partial charge in [0, 0.05) is 24.7 Å². The van der Waals surface area contributed by atoms with Crippen LogP contribution >= 0.6 is 0 Å². The van der Waals surface area contributed by atoms with Crippen LogP contribution in [0.2, 0.25) is 0 Å². The Balaban J connectivity index is 1.70. The molecular weight excluding hydrogens is 334 g/mol. The molecule has 0 aliphatic carbocycles. The molecule has 1 aliphatic heterocycles. The molecule has 1 heterocycles. The highest BCUT2D eigenvalue weighted by molar-refractivity contribution is 5.95. The van der Waals surface area contributed by atoms with Crippen LogP contribution in [0.15, 0.2) is 48.5 Å². The number of piperidine rings is 1. The Hall–Kier alpha value is -2.93. The van der Waals surface area contributed by atoms with Crippen molar-refractivity contribution in [2.24, 2.45) is 5.92 Å². The molecule has 0 atom stereocenters. The van der Waals surface area contributed by atoms with Crippen LogP contribution in [0, 0.1) is 10.8 Å². The summed E-state index contributed by atoms with van der Waals surface area (Å²) in [6, 6.07) is 14.8. The SMILES string of the molecule is O=C(NO)c1ccc(N2CCC(Cc3ccccc3)CC2)c([N+](=O)O)c1. The molecule has 0 aromatic heterocycles. The van der Waals surface area contributed by atoms with E-state index in [0.29, 0.717) is 11.6 Å². The smallest absolute Gasteiger partial charge is 0.340 e. The first-order valence-corrected chi connectivity index (χ1v) is 8.62. The van der Waals surface area contributed by atoms with E-state index in [1.165, 1.54) is 23.2 Å². The van der Waals surface area contributed by atoms with Crippen molar-refractivity contribution in [3.05, 3.63) is 64.6 Å². The fraction of sp³-hybridized carbons (Fsp3) is 0.316. The summed E-state index contributed by atoms with van der Waals surface area (Å²) in [4.78, 5) is 24.8. The molecule has 2 aromatic rings. The highest BCUT2D eigenvalue weighted by Gasteiger charge is 2.28. The van der Waals surface area contributed by atoms with Gasteiger partial charge in [-0.05, 0) is 42.9 Å². The number of hydrogen-bond acceptors (Lipinski definition) is 4. The Morgan fingerprint density at radius 3 is 2.46 bits per heavy atom. The van der Waals surface area contributed by atoms with E-state index in [-0.39, 0.29) is 16.2 Å². The lowest BCUT2D eigenvalue weighted by Crippen LogP contribution is -2.34. The Bertz CT molecular complexity index is 787. The predicted octanol–water partition coefficient (Wildman–Crippen LogP) is 3.06. The predicted molar refractivity (Wildman–Crippen MR) is 95.9 cm³/mol. The molecule has 2 aromatic carbocycles. The van der Waals surface area contributed by atoms with Gasteiger partial charge in [-0.1, -0.05) is 30.3 Å². The summed E-state index contributed by atoms with van der Waals surface area (Å²) < 4.78 is 0. The molecule has 26 heavy (non-hydrogen) atoms. The average molecular weight is 356 g/mol. The third-order valence-electron chi connectivity index (χ3n) is 4.87. The maximum Gasteiger partial charge on any atom is 0.340 e. The van der Waals surface area contributed by atoms with Gasteiger partial charge in [0.2, 0.25) is 0 Å². The molecule has 0 unspecified atom stereocenters. The van der Waals surface area contributed by atoms with Gasteiger partial charge < -0.3 is 4.90 Å². The van der Waals surface area contributed by atoms with Crippen LogP contribution in [-0.4, -0.2) is 34.3 Å². The molecule has 0 saturated carbocycles. The van der Waals surface area contributed by atoms with Crippen molar-refractivity contribution in [1.82, 2.24) is 5.48 Å². The minimum Gasteiger partial charge on any atom is -0.366 e. The van der Waals surface area contributed by atoms with E-state index in [2.05, 4.69) is 12.1 Å². The fourth-order valence-electron chi connectivity index (χ4n) is 3.48. The molecule has 0 radical (unpaired) electrons. The molecule has 136 valence electrons. The van der Waals surface area contributed by atoms with Crippen molar-refractivity contribution >= 4 is 17.3 Å². The van der Waals surface area contributed by atoms with Gasteiger partial charge in [-0.25, -0.2) is 10.7 Å². The zero-order valence-corrected chi connectivity index (χ0v) is 14.3. The Labute approximate surface area is 151 Å². The van der Waals surface area contributed by atoms with Gasteiger partial charge in [0.1, 0.15) is 5.69 Å². The number of carbonyl (C=O) groups is 1. The van der Waals surface area contributed by atoms with E-state index >= 15 is 0 Å². The summed E-state index contributed by atoms with van der Waals surface area (Å²) in [5.41, 5.74) is 3.52. The zero-order valence-electron chi connectivity index (χ0n) is 14.3. The monoisotopic (exact) mass is 356 g/mol. The number of rotatable bonds is 5. The average Bonchev–Trinajstić information content (AvgIpc) is 2.68. The highest BCUT2D eigenvalue weighted by atomic mass is 16.6. The normalized spacial score (nSPS) is 14.9. The van der Waals surface area contributed by atoms with Gasteiger partial charge >= 0.3 is 5.69 Å². The number of nitrogens with zero attached hydrogens (tertiary/aromatic N) is 2. The third kappa shape index (κ3) is 4.00. The van der Waals surface area contributed by atoms with Crippen LogP contribution in [-0.2, 0) is 6.42 Å². The van der Waals surface area contributed by atoms with Gasteiger partial charge in [-0.3, -0.25) is 10.0 Å². The van der Waals surface area contributed by atoms with Crippen molar-refractivity contribution in [1.29, 1.82) is 0 Å². The van der Waals surface area contributed by atoms with E-state index in [0.717, 1.165) is 32.4 Å². The van der Waals surface area contributed by atoms with Crippen LogP contribution < -0.4 is 10.4 Å². The van der Waals surface area contributed by atoms with E-state index in [4.69, 9.17) is 5.21 Å². The topological polar surface area (TPSA) is 92.9 Å². The molecule has 1 amide bonds. The summed E-state index contributed by atoms with van der Waals surface area (Å²) in [7, 11) is 0. The van der Waals surface area contributed by atoms with E-state index in [9.17, 15) is 14.9 Å². The van der Waals surface area contributed by atoms with Gasteiger partial charge in [0.15, 0.2) is 0 Å². The Morgan fingerprint density at radius 2 is 1.85 bits per heavy atom. The number of hydrogen-bond donors (Lipinski definition) is 3. The first kappa shape index (κ1) is 17.9. The van der Waals surface area contributed by atoms with Gasteiger partial charge in [0.05, 0.1) is 4.91 Å². The molecule has 1 saturated heterocycles. The molecule has 7 heteroatoms. The molecule has 7 nitrogen and oxygen atoms in total. The van der Waals surface area contributed by atoms with Crippen LogP contribution in [0.25, 0.3) is 0 Å².